The summed E-state index contributed by atoms with van der Waals surface area (Å²) in [5.41, 5.74) is 0.153. The van der Waals surface area contributed by atoms with Crippen LogP contribution in [0.3, 0.4) is 0 Å². The average Bonchev–Trinajstić information content (AvgIpc) is 2.67. The van der Waals surface area contributed by atoms with E-state index in [2.05, 4.69) is 0 Å². The van der Waals surface area contributed by atoms with Crippen molar-refractivity contribution in [1.29, 1.82) is 0 Å². The van der Waals surface area contributed by atoms with Gasteiger partial charge in [0.05, 0.1) is 14.2 Å². The number of carbonyl (C=O) groups is 1. The second kappa shape index (κ2) is 4.53. The molecule has 0 spiro atoms. The van der Waals surface area contributed by atoms with Crippen LogP contribution in [0.1, 0.15) is 15.2 Å². The van der Waals surface area contributed by atoms with Crippen molar-refractivity contribution in [2.45, 2.75) is 0 Å². The summed E-state index contributed by atoms with van der Waals surface area (Å²) in [6, 6.07) is 6.90. The SMILES string of the molecule is O=C(c1ccc(Cl)s1)c1cc(F)ccc1Cl. The molecule has 1 heterocycles. The molecule has 0 N–H and O–H groups in total. The fraction of sp³-hybridized carbons (Fsp3) is 0. The van der Waals surface area contributed by atoms with E-state index in [9.17, 15) is 9.18 Å². The Labute approximate surface area is 105 Å². The molecule has 0 fully saturated rings. The molecule has 1 aromatic heterocycles. The Bertz CT molecular complexity index is 551. The normalized spacial score (nSPS) is 10.4. The van der Waals surface area contributed by atoms with Gasteiger partial charge in [0.2, 0.25) is 5.78 Å². The topological polar surface area (TPSA) is 17.1 Å². The van der Waals surface area contributed by atoms with Crippen LogP contribution in [0.15, 0.2) is 30.3 Å². The fourth-order valence-electron chi connectivity index (χ4n) is 1.24. The predicted octanol–water partition coefficient (Wildman–Crippen LogP) is 4.43. The molecule has 2 rings (SSSR count). The highest BCUT2D eigenvalue weighted by molar-refractivity contribution is 7.18. The van der Waals surface area contributed by atoms with Crippen LogP contribution in [-0.2, 0) is 0 Å². The van der Waals surface area contributed by atoms with Gasteiger partial charge in [-0.1, -0.05) is 23.2 Å². The lowest BCUT2D eigenvalue weighted by atomic mass is 10.1. The smallest absolute Gasteiger partial charge is 0.204 e. The number of rotatable bonds is 2. The molecule has 1 nitrogen and oxygen atoms in total. The summed E-state index contributed by atoms with van der Waals surface area (Å²) in [6.45, 7) is 0. The van der Waals surface area contributed by atoms with Gasteiger partial charge in [0, 0.05) is 5.56 Å². The largest absolute Gasteiger partial charge is 0.288 e. The highest BCUT2D eigenvalue weighted by atomic mass is 35.5. The molecule has 0 radical (unpaired) electrons. The standard InChI is InChI=1S/C11H5Cl2FOS/c12-8-2-1-6(14)5-7(8)11(15)9-3-4-10(13)16-9/h1-5H. The van der Waals surface area contributed by atoms with Crippen molar-refractivity contribution in [2.24, 2.45) is 0 Å². The van der Waals surface area contributed by atoms with E-state index in [0.717, 1.165) is 17.4 Å². The van der Waals surface area contributed by atoms with E-state index < -0.39 is 5.82 Å². The molecule has 0 aliphatic rings. The Kier molecular flexibility index (Phi) is 3.28. The Morgan fingerprint density at radius 3 is 2.56 bits per heavy atom. The fourth-order valence-corrected chi connectivity index (χ4v) is 2.44. The number of hydrogen-bond donors (Lipinski definition) is 0. The third kappa shape index (κ3) is 2.26. The van der Waals surface area contributed by atoms with Gasteiger partial charge in [-0.05, 0) is 30.3 Å². The predicted molar refractivity (Wildman–Crippen MR) is 64.2 cm³/mol. The number of thiophene rings is 1. The first-order chi connectivity index (χ1) is 7.58. The molecule has 0 aliphatic carbocycles. The van der Waals surface area contributed by atoms with Crippen molar-refractivity contribution in [3.8, 4) is 0 Å². The minimum Gasteiger partial charge on any atom is -0.288 e. The van der Waals surface area contributed by atoms with Crippen LogP contribution >= 0.6 is 34.5 Å². The molecule has 0 bridgehead atoms. The Hall–Kier alpha value is -0.900. The van der Waals surface area contributed by atoms with Gasteiger partial charge in [0.1, 0.15) is 5.82 Å². The van der Waals surface area contributed by atoms with Gasteiger partial charge in [-0.25, -0.2) is 4.39 Å². The van der Waals surface area contributed by atoms with Crippen LogP contribution in [0.25, 0.3) is 0 Å². The second-order valence-electron chi connectivity index (χ2n) is 3.06. The molecule has 0 amide bonds. The monoisotopic (exact) mass is 274 g/mol. The molecule has 0 unspecified atom stereocenters. The van der Waals surface area contributed by atoms with Crippen molar-refractivity contribution >= 4 is 40.3 Å². The second-order valence-corrected chi connectivity index (χ2v) is 5.18. The average molecular weight is 275 g/mol. The van der Waals surface area contributed by atoms with Gasteiger partial charge in [-0.3, -0.25) is 4.79 Å². The molecule has 0 saturated heterocycles. The molecule has 5 heteroatoms. The van der Waals surface area contributed by atoms with E-state index in [1.54, 1.807) is 12.1 Å². The van der Waals surface area contributed by atoms with Crippen molar-refractivity contribution < 1.29 is 9.18 Å². The van der Waals surface area contributed by atoms with Gasteiger partial charge in [-0.15, -0.1) is 11.3 Å². The summed E-state index contributed by atoms with van der Waals surface area (Å²) >= 11 is 12.7. The molecule has 0 atom stereocenters. The molecular formula is C11H5Cl2FOS. The summed E-state index contributed by atoms with van der Waals surface area (Å²) in [5.74, 6) is -0.809. The Morgan fingerprint density at radius 1 is 1.19 bits per heavy atom. The third-order valence-electron chi connectivity index (χ3n) is 1.97. The molecule has 1 aromatic carbocycles. The zero-order valence-electron chi connectivity index (χ0n) is 7.84. The van der Waals surface area contributed by atoms with Crippen LogP contribution in [0.4, 0.5) is 4.39 Å². The number of benzene rings is 1. The zero-order valence-corrected chi connectivity index (χ0v) is 10.2. The van der Waals surface area contributed by atoms with Gasteiger partial charge < -0.3 is 0 Å². The Balaban J connectivity index is 2.45. The summed E-state index contributed by atoms with van der Waals surface area (Å²) in [6.07, 6.45) is 0. The maximum absolute atomic E-state index is 13.0. The van der Waals surface area contributed by atoms with E-state index in [0.29, 0.717) is 9.21 Å². The van der Waals surface area contributed by atoms with Crippen LogP contribution in [0.2, 0.25) is 9.36 Å². The molecule has 16 heavy (non-hydrogen) atoms. The highest BCUT2D eigenvalue weighted by Crippen LogP contribution is 2.26. The van der Waals surface area contributed by atoms with Crippen LogP contribution < -0.4 is 0 Å². The quantitative estimate of drug-likeness (QED) is 0.741. The van der Waals surface area contributed by atoms with E-state index in [4.69, 9.17) is 23.2 Å². The van der Waals surface area contributed by atoms with Gasteiger partial charge >= 0.3 is 0 Å². The Morgan fingerprint density at radius 2 is 1.94 bits per heavy atom. The molecule has 82 valence electrons. The minimum atomic E-state index is -0.490. The first kappa shape index (κ1) is 11.6. The van der Waals surface area contributed by atoms with Crippen LogP contribution in [0.5, 0.6) is 0 Å². The maximum atomic E-state index is 13.0. The molecule has 0 aliphatic heterocycles. The maximum Gasteiger partial charge on any atom is 0.204 e. The first-order valence-corrected chi connectivity index (χ1v) is 5.90. The van der Waals surface area contributed by atoms with Gasteiger partial charge in [-0.2, -0.15) is 0 Å². The van der Waals surface area contributed by atoms with E-state index in [1.165, 1.54) is 12.1 Å². The lowest BCUT2D eigenvalue weighted by Gasteiger charge is -2.01. The van der Waals surface area contributed by atoms with Crippen molar-refractivity contribution in [1.82, 2.24) is 0 Å². The van der Waals surface area contributed by atoms with E-state index >= 15 is 0 Å². The van der Waals surface area contributed by atoms with Crippen molar-refractivity contribution in [3.63, 3.8) is 0 Å². The van der Waals surface area contributed by atoms with E-state index in [-0.39, 0.29) is 16.4 Å². The number of carbonyl (C=O) groups excluding carboxylic acids is 1. The zero-order chi connectivity index (χ0) is 11.7. The summed E-state index contributed by atoms with van der Waals surface area (Å²) in [7, 11) is 0. The number of hydrogen-bond acceptors (Lipinski definition) is 2. The van der Waals surface area contributed by atoms with Gasteiger partial charge in [0.15, 0.2) is 0 Å². The van der Waals surface area contributed by atoms with Gasteiger partial charge in [0.25, 0.3) is 0 Å². The number of ketones is 1. The van der Waals surface area contributed by atoms with Crippen LogP contribution in [0, 0.1) is 5.82 Å². The van der Waals surface area contributed by atoms with Crippen molar-refractivity contribution in [2.75, 3.05) is 0 Å². The summed E-state index contributed by atoms with van der Waals surface area (Å²) in [5, 5.41) is 0.232. The summed E-state index contributed by atoms with van der Waals surface area (Å²) in [4.78, 5) is 12.4. The molecule has 2 aromatic rings. The first-order valence-electron chi connectivity index (χ1n) is 4.33. The minimum absolute atomic E-state index is 0.153. The van der Waals surface area contributed by atoms with Crippen LogP contribution in [-0.4, -0.2) is 5.78 Å². The highest BCUT2D eigenvalue weighted by Gasteiger charge is 2.15. The van der Waals surface area contributed by atoms with E-state index in [1.807, 2.05) is 0 Å². The third-order valence-corrected chi connectivity index (χ3v) is 3.53. The van der Waals surface area contributed by atoms with Crippen molar-refractivity contribution in [3.05, 3.63) is 55.9 Å². The lowest BCUT2D eigenvalue weighted by molar-refractivity contribution is 0.104. The lowest BCUT2D eigenvalue weighted by Crippen LogP contribution is -2.00. The summed E-state index contributed by atoms with van der Waals surface area (Å²) < 4.78 is 13.5. The number of halogens is 3. The molecular weight excluding hydrogens is 270 g/mol. The molecule has 0 saturated carbocycles.